The van der Waals surface area contributed by atoms with E-state index in [1.54, 1.807) is 54.7 Å². The van der Waals surface area contributed by atoms with Gasteiger partial charge in [-0.25, -0.2) is 9.97 Å². The van der Waals surface area contributed by atoms with E-state index in [4.69, 9.17) is 39.2 Å². The van der Waals surface area contributed by atoms with Crippen LogP contribution in [0.25, 0.3) is 0 Å². The Morgan fingerprint density at radius 2 is 0.812 bits per heavy atom. The minimum atomic E-state index is -1.58. The van der Waals surface area contributed by atoms with Gasteiger partial charge < -0.3 is 112 Å². The summed E-state index contributed by atoms with van der Waals surface area (Å²) in [5.41, 5.74) is 23.5. The number of guanidine groups is 3. The highest BCUT2D eigenvalue weighted by Gasteiger charge is 2.37. The van der Waals surface area contributed by atoms with E-state index in [1.807, 2.05) is 0 Å². The minimum Gasteiger partial charge on any atom is -0.508 e. The molecule has 3 aromatic rings. The number of aromatic hydroxyl groups is 1. The molecule has 0 aliphatic carbocycles. The molecule has 28 N–H and O–H groups in total. The molecule has 0 saturated heterocycles. The molecule has 560 valence electrons. The number of amides is 11. The van der Waals surface area contributed by atoms with Crippen LogP contribution in [-0.2, 0) is 72.0 Å². The second-order valence-electron chi connectivity index (χ2n) is 25.7. The van der Waals surface area contributed by atoms with Gasteiger partial charge in [-0.1, -0.05) is 67.0 Å². The Labute approximate surface area is 586 Å². The van der Waals surface area contributed by atoms with Gasteiger partial charge in [0.05, 0.1) is 30.6 Å². The van der Waals surface area contributed by atoms with Crippen molar-refractivity contribution in [1.82, 2.24) is 89.1 Å². The zero-order valence-electron chi connectivity index (χ0n) is 58.6. The number of nitrogens with one attached hydrogen (secondary N) is 18. The standard InChI is InChI=1S/C64H106N24O13/c1-9-35(6)50(51(65)91)88-61(101)49(30-89)87-58(98)46(24-34(4)5)85-57(97)45(23-33(2)3)84-55(95)43(14-11-21-75-63(68)69)80-54(94)42(13-10-20-74-62(66)67)82-60(100)48(27-40-29-73-32-78-40)86-56(96)44(15-12-22-76-64(70)71)81-59(99)47(26-38-16-18-41(90)19-17-38)83-53(93)37(8)79-52(92)36(7)25-39-28-72-31-77-39/h16-19,28-29,31-37,42-50,89-90H,9-15,20-27,30H2,1-8H3,(H2,65,91)(H,72,77)(H,73,78)(H,79,92)(H,80,94)(H,81,99)(H,82,100)(H,83,93)(H,84,95)(H,85,97)(H,86,96)(H,87,98)(H,88,101)(H4,66,67,74)(H4,68,69,75)(H4,70,71,76)/t35-,36-,37-,42-,43-,44-,45-,46-,47-,48-,49-,50-/m0/s1. The smallest absolute Gasteiger partial charge is 0.245 e. The van der Waals surface area contributed by atoms with Gasteiger partial charge in [0, 0.05) is 57.2 Å². The van der Waals surface area contributed by atoms with E-state index in [9.17, 15) is 63.0 Å². The molecule has 0 fully saturated rings. The van der Waals surface area contributed by atoms with Crippen LogP contribution in [0, 0.1) is 39.9 Å². The number of phenolic OH excluding ortho intramolecular Hbond substituents is 1. The maximum atomic E-state index is 14.9. The maximum absolute atomic E-state index is 14.9. The Kier molecular flexibility index (Phi) is 36.6. The van der Waals surface area contributed by atoms with Crippen LogP contribution in [0.3, 0.4) is 0 Å². The maximum Gasteiger partial charge on any atom is 0.245 e. The third kappa shape index (κ3) is 31.8. The van der Waals surface area contributed by atoms with Crippen molar-refractivity contribution < 1.29 is 63.0 Å². The van der Waals surface area contributed by atoms with Gasteiger partial charge >= 0.3 is 0 Å². The highest BCUT2D eigenvalue weighted by molar-refractivity contribution is 5.99. The first-order chi connectivity index (χ1) is 47.7. The monoisotopic (exact) mass is 1420 g/mol. The van der Waals surface area contributed by atoms with E-state index in [1.165, 1.54) is 50.0 Å². The predicted molar refractivity (Wildman–Crippen MR) is 373 cm³/mol. The van der Waals surface area contributed by atoms with E-state index in [0.29, 0.717) is 17.7 Å². The van der Waals surface area contributed by atoms with E-state index in [2.05, 4.69) is 89.1 Å². The van der Waals surface area contributed by atoms with Gasteiger partial charge in [-0.15, -0.1) is 0 Å². The summed E-state index contributed by atoms with van der Waals surface area (Å²) in [5, 5.41) is 77.6. The van der Waals surface area contributed by atoms with E-state index >= 15 is 0 Å². The number of aromatic amines is 2. The molecule has 12 atom stereocenters. The number of carbonyl (C=O) groups excluding carboxylic acids is 11. The second-order valence-corrected chi connectivity index (χ2v) is 25.7. The minimum absolute atomic E-state index is 0.0120. The summed E-state index contributed by atoms with van der Waals surface area (Å²) in [4.78, 5) is 169. The van der Waals surface area contributed by atoms with Crippen LogP contribution in [0.4, 0.5) is 0 Å². The summed E-state index contributed by atoms with van der Waals surface area (Å²) in [6.07, 6.45) is 5.79. The molecule has 0 spiro atoms. The number of nitrogens with zero attached hydrogens (tertiary/aromatic N) is 2. The molecule has 2 heterocycles. The number of phenols is 1. The average molecular weight is 1420 g/mol. The number of hydrogen-bond donors (Lipinski definition) is 24. The van der Waals surface area contributed by atoms with Gasteiger partial charge in [0.15, 0.2) is 17.9 Å². The lowest BCUT2D eigenvalue weighted by Crippen LogP contribution is -2.61. The van der Waals surface area contributed by atoms with E-state index < -0.39 is 156 Å². The summed E-state index contributed by atoms with van der Waals surface area (Å²) in [7, 11) is 0. The zero-order valence-corrected chi connectivity index (χ0v) is 58.6. The quantitative estimate of drug-likeness (QED) is 0.0145. The SMILES string of the molecule is CC[C@H](C)[C@H](NC(=O)[C@H](CO)NC(=O)[C@H](CC(C)C)NC(=O)[C@H](CC(C)C)NC(=O)[C@H](CCCNC(=N)N)NC(=O)[C@H](CCCNC(=N)N)NC(=O)[C@H](Cc1c[nH]cn1)NC(=O)[C@H](CCCNC(=N)N)NC(=O)[C@H](Cc1ccc(O)cc1)NC(=O)[C@H](C)NC(=O)[C@@H](C)Cc1c[nH]cn1)C(N)=O. The lowest BCUT2D eigenvalue weighted by molar-refractivity contribution is -0.136. The number of nitrogens with two attached hydrogens (primary N) is 4. The Bertz CT molecular complexity index is 3210. The first-order valence-corrected chi connectivity index (χ1v) is 33.6. The van der Waals surface area contributed by atoms with Crippen LogP contribution >= 0.6 is 0 Å². The van der Waals surface area contributed by atoms with Gasteiger partial charge in [-0.3, -0.25) is 69.0 Å². The van der Waals surface area contributed by atoms with E-state index in [-0.39, 0.29) is 120 Å². The molecule has 37 heteroatoms. The number of aliphatic hydroxyl groups excluding tert-OH is 1. The van der Waals surface area contributed by atoms with Crippen molar-refractivity contribution in [2.75, 3.05) is 26.2 Å². The van der Waals surface area contributed by atoms with Crippen molar-refractivity contribution in [2.24, 2.45) is 46.6 Å². The van der Waals surface area contributed by atoms with Gasteiger partial charge in [-0.05, 0) is 93.7 Å². The molecule has 3 rings (SSSR count). The summed E-state index contributed by atoms with van der Waals surface area (Å²) in [5.74, 6) is -12.1. The first kappa shape index (κ1) is 84.6. The summed E-state index contributed by atoms with van der Waals surface area (Å²) in [6, 6.07) is -8.34. The van der Waals surface area contributed by atoms with Crippen LogP contribution in [-0.4, -0.2) is 200 Å². The van der Waals surface area contributed by atoms with Crippen LogP contribution in [0.1, 0.15) is 130 Å². The Hall–Kier alpha value is -10.6. The van der Waals surface area contributed by atoms with Gasteiger partial charge in [0.2, 0.25) is 65.0 Å². The normalized spacial score (nSPS) is 14.7. The Balaban J connectivity index is 2.03. The van der Waals surface area contributed by atoms with Gasteiger partial charge in [0.25, 0.3) is 0 Å². The van der Waals surface area contributed by atoms with Crippen molar-refractivity contribution in [3.63, 3.8) is 0 Å². The van der Waals surface area contributed by atoms with Gasteiger partial charge in [-0.2, -0.15) is 0 Å². The largest absolute Gasteiger partial charge is 0.508 e. The number of carbonyl (C=O) groups is 11. The molecule has 0 aliphatic rings. The fourth-order valence-electron chi connectivity index (χ4n) is 10.3. The topological polar surface area (TPSA) is 618 Å². The number of hydrogen-bond acceptors (Lipinski definition) is 18. The van der Waals surface area contributed by atoms with Crippen molar-refractivity contribution in [1.29, 1.82) is 16.2 Å². The highest BCUT2D eigenvalue weighted by atomic mass is 16.3. The molecule has 0 bridgehead atoms. The Morgan fingerprint density at radius 1 is 0.455 bits per heavy atom. The highest BCUT2D eigenvalue weighted by Crippen LogP contribution is 2.16. The Morgan fingerprint density at radius 3 is 1.19 bits per heavy atom. The van der Waals surface area contributed by atoms with Crippen LogP contribution in [0.2, 0.25) is 0 Å². The first-order valence-electron chi connectivity index (χ1n) is 33.6. The van der Waals surface area contributed by atoms with Crippen molar-refractivity contribution >= 4 is 82.9 Å². The zero-order chi connectivity index (χ0) is 75.5. The lowest BCUT2D eigenvalue weighted by atomic mass is 9.98. The molecule has 0 unspecified atom stereocenters. The summed E-state index contributed by atoms with van der Waals surface area (Å²) < 4.78 is 0. The van der Waals surface area contributed by atoms with Crippen molar-refractivity contribution in [3.05, 3.63) is 66.3 Å². The fraction of sp³-hybridized carbons (Fsp3) is 0.594. The fourth-order valence-corrected chi connectivity index (χ4v) is 10.3. The van der Waals surface area contributed by atoms with Crippen molar-refractivity contribution in [3.8, 4) is 5.75 Å². The second kappa shape index (κ2) is 43.7. The van der Waals surface area contributed by atoms with E-state index in [0.717, 1.165) is 0 Å². The summed E-state index contributed by atoms with van der Waals surface area (Å²) in [6.45, 7) is 12.8. The van der Waals surface area contributed by atoms with Gasteiger partial charge in [0.1, 0.15) is 66.2 Å². The van der Waals surface area contributed by atoms with Crippen LogP contribution in [0.5, 0.6) is 5.75 Å². The predicted octanol–water partition coefficient (Wildman–Crippen LogP) is -4.22. The molecular formula is C64H106N24O13. The molecule has 37 nitrogen and oxygen atoms in total. The number of benzene rings is 1. The summed E-state index contributed by atoms with van der Waals surface area (Å²) >= 11 is 0. The molecule has 1 aromatic carbocycles. The van der Waals surface area contributed by atoms with Crippen LogP contribution in [0.15, 0.2) is 49.3 Å². The number of rotatable bonds is 46. The molecular weight excluding hydrogens is 1310 g/mol. The lowest BCUT2D eigenvalue weighted by Gasteiger charge is -2.29. The van der Waals surface area contributed by atoms with Crippen LogP contribution < -0.4 is 92.1 Å². The molecule has 0 saturated carbocycles. The number of imidazole rings is 2. The number of aliphatic hydroxyl groups is 1. The molecule has 101 heavy (non-hydrogen) atoms. The molecule has 0 aliphatic heterocycles. The number of H-pyrrole nitrogens is 2. The third-order valence-corrected chi connectivity index (χ3v) is 16.0. The average Bonchev–Trinajstić information content (AvgIpc) is 1.38. The molecule has 11 amide bonds. The third-order valence-electron chi connectivity index (χ3n) is 16.0. The number of primary amides is 1. The molecule has 2 aromatic heterocycles. The van der Waals surface area contributed by atoms with Crippen molar-refractivity contribution in [2.45, 2.75) is 193 Å². The molecule has 0 radical (unpaired) electrons. The number of aromatic nitrogens is 4.